The van der Waals surface area contributed by atoms with Gasteiger partial charge in [0.2, 0.25) is 0 Å². The van der Waals surface area contributed by atoms with Crippen molar-refractivity contribution in [2.75, 3.05) is 0 Å². The number of rotatable bonds is 2. The van der Waals surface area contributed by atoms with Gasteiger partial charge in [0.05, 0.1) is 29.6 Å². The van der Waals surface area contributed by atoms with Crippen LogP contribution in [0.4, 0.5) is 0 Å². The van der Waals surface area contributed by atoms with E-state index in [0.29, 0.717) is 11.2 Å². The Labute approximate surface area is 98.8 Å². The first-order valence-corrected chi connectivity index (χ1v) is 6.46. The Bertz CT molecular complexity index is 669. The molecule has 4 nitrogen and oxygen atoms in total. The molecule has 3 aromatic rings. The molecule has 0 aliphatic carbocycles. The van der Waals surface area contributed by atoms with E-state index >= 15 is 0 Å². The van der Waals surface area contributed by atoms with E-state index in [4.69, 9.17) is 0 Å². The van der Waals surface area contributed by atoms with E-state index in [1.54, 1.807) is 16.4 Å². The van der Waals surface area contributed by atoms with Crippen LogP contribution in [0.2, 0.25) is 0 Å². The van der Waals surface area contributed by atoms with Gasteiger partial charge in [-0.3, -0.25) is 9.36 Å². The van der Waals surface area contributed by atoms with Crippen LogP contribution < -0.4 is 5.56 Å². The number of thiophene rings is 1. The van der Waals surface area contributed by atoms with Gasteiger partial charge in [-0.2, -0.15) is 0 Å². The SMILES string of the molecule is O=c1c2sccc2ncn1Cc1cscn1. The van der Waals surface area contributed by atoms with Gasteiger partial charge in [0, 0.05) is 5.38 Å². The Kier molecular flexibility index (Phi) is 2.30. The third-order valence-corrected chi connectivity index (χ3v) is 3.78. The molecule has 16 heavy (non-hydrogen) atoms. The monoisotopic (exact) mass is 249 g/mol. The van der Waals surface area contributed by atoms with Gasteiger partial charge < -0.3 is 0 Å². The van der Waals surface area contributed by atoms with Crippen LogP contribution in [0.15, 0.2) is 33.5 Å². The van der Waals surface area contributed by atoms with Crippen molar-refractivity contribution in [1.82, 2.24) is 14.5 Å². The number of hydrogen-bond donors (Lipinski definition) is 0. The first kappa shape index (κ1) is 9.68. The third kappa shape index (κ3) is 1.56. The Morgan fingerprint density at radius 1 is 1.38 bits per heavy atom. The number of hydrogen-bond acceptors (Lipinski definition) is 5. The van der Waals surface area contributed by atoms with Crippen molar-refractivity contribution in [2.24, 2.45) is 0 Å². The van der Waals surface area contributed by atoms with Crippen molar-refractivity contribution in [2.45, 2.75) is 6.54 Å². The minimum absolute atomic E-state index is 0.00741. The molecule has 0 bridgehead atoms. The Balaban J connectivity index is 2.10. The molecular weight excluding hydrogens is 242 g/mol. The van der Waals surface area contributed by atoms with Crippen LogP contribution in [0.5, 0.6) is 0 Å². The zero-order valence-corrected chi connectivity index (χ0v) is 9.79. The molecule has 0 aliphatic rings. The summed E-state index contributed by atoms with van der Waals surface area (Å²) in [6, 6.07) is 1.86. The molecule has 0 unspecified atom stereocenters. The highest BCUT2D eigenvalue weighted by molar-refractivity contribution is 7.17. The fraction of sp³-hybridized carbons (Fsp3) is 0.100. The van der Waals surface area contributed by atoms with Gasteiger partial charge in [-0.05, 0) is 11.4 Å². The topological polar surface area (TPSA) is 47.8 Å². The van der Waals surface area contributed by atoms with Gasteiger partial charge in [-0.1, -0.05) is 0 Å². The zero-order valence-electron chi connectivity index (χ0n) is 8.16. The molecule has 0 N–H and O–H groups in total. The summed E-state index contributed by atoms with van der Waals surface area (Å²) in [5, 5.41) is 3.82. The highest BCUT2D eigenvalue weighted by atomic mass is 32.1. The molecule has 3 aromatic heterocycles. The van der Waals surface area contributed by atoms with E-state index in [-0.39, 0.29) is 5.56 Å². The Hall–Kier alpha value is -1.53. The highest BCUT2D eigenvalue weighted by Gasteiger charge is 2.06. The van der Waals surface area contributed by atoms with Crippen molar-refractivity contribution >= 4 is 32.9 Å². The zero-order chi connectivity index (χ0) is 11.0. The molecule has 0 fully saturated rings. The summed E-state index contributed by atoms with van der Waals surface area (Å²) in [6.07, 6.45) is 1.58. The smallest absolute Gasteiger partial charge is 0.271 e. The standard InChI is InChI=1S/C10H7N3OS2/c14-10-9-8(1-2-16-9)11-5-13(10)3-7-4-15-6-12-7/h1-2,4-6H,3H2. The van der Waals surface area contributed by atoms with Crippen LogP contribution in [0.25, 0.3) is 10.2 Å². The lowest BCUT2D eigenvalue weighted by Gasteiger charge is -2.01. The fourth-order valence-electron chi connectivity index (χ4n) is 1.48. The van der Waals surface area contributed by atoms with E-state index in [9.17, 15) is 4.79 Å². The van der Waals surface area contributed by atoms with Crippen LogP contribution in [-0.4, -0.2) is 14.5 Å². The predicted molar refractivity (Wildman–Crippen MR) is 65.1 cm³/mol. The summed E-state index contributed by atoms with van der Waals surface area (Å²) in [6.45, 7) is 0.489. The highest BCUT2D eigenvalue weighted by Crippen LogP contribution is 2.13. The second-order valence-electron chi connectivity index (χ2n) is 3.29. The van der Waals surface area contributed by atoms with Gasteiger partial charge in [-0.25, -0.2) is 9.97 Å². The van der Waals surface area contributed by atoms with Crippen molar-refractivity contribution in [3.8, 4) is 0 Å². The fourth-order valence-corrected chi connectivity index (χ4v) is 2.82. The molecular formula is C10H7N3OS2. The lowest BCUT2D eigenvalue weighted by molar-refractivity contribution is 0.735. The minimum atomic E-state index is 0.00741. The predicted octanol–water partition coefficient (Wildman–Crippen LogP) is 1.96. The lowest BCUT2D eigenvalue weighted by Crippen LogP contribution is -2.20. The molecule has 0 atom stereocenters. The molecule has 0 aromatic carbocycles. The maximum absolute atomic E-state index is 12.0. The summed E-state index contributed by atoms with van der Waals surface area (Å²) in [5.74, 6) is 0. The first-order chi connectivity index (χ1) is 7.84. The number of nitrogens with zero attached hydrogens (tertiary/aromatic N) is 3. The molecule has 3 rings (SSSR count). The second kappa shape index (κ2) is 3.80. The van der Waals surface area contributed by atoms with Crippen LogP contribution in [0.3, 0.4) is 0 Å². The maximum atomic E-state index is 12.0. The number of aromatic nitrogens is 3. The molecule has 0 saturated carbocycles. The van der Waals surface area contributed by atoms with Gasteiger partial charge in [0.1, 0.15) is 4.70 Å². The Morgan fingerprint density at radius 2 is 2.31 bits per heavy atom. The summed E-state index contributed by atoms with van der Waals surface area (Å²) < 4.78 is 2.30. The van der Waals surface area contributed by atoms with Crippen molar-refractivity contribution in [3.05, 3.63) is 44.7 Å². The average molecular weight is 249 g/mol. The summed E-state index contributed by atoms with van der Waals surface area (Å²) in [4.78, 5) is 20.4. The van der Waals surface area contributed by atoms with E-state index in [1.165, 1.54) is 22.7 Å². The van der Waals surface area contributed by atoms with Gasteiger partial charge >= 0.3 is 0 Å². The maximum Gasteiger partial charge on any atom is 0.271 e. The summed E-state index contributed by atoms with van der Waals surface area (Å²) >= 11 is 2.95. The molecule has 6 heteroatoms. The molecule has 0 saturated heterocycles. The summed E-state index contributed by atoms with van der Waals surface area (Å²) in [5.41, 5.74) is 3.43. The van der Waals surface area contributed by atoms with Crippen LogP contribution in [0.1, 0.15) is 5.69 Å². The third-order valence-electron chi connectivity index (χ3n) is 2.25. The lowest BCUT2D eigenvalue weighted by atomic mass is 10.4. The Morgan fingerprint density at radius 3 is 3.12 bits per heavy atom. The van der Waals surface area contributed by atoms with Gasteiger partial charge in [0.25, 0.3) is 5.56 Å². The van der Waals surface area contributed by atoms with E-state index in [0.717, 1.165) is 11.2 Å². The van der Waals surface area contributed by atoms with Gasteiger partial charge in [-0.15, -0.1) is 22.7 Å². The number of fused-ring (bicyclic) bond motifs is 1. The minimum Gasteiger partial charge on any atom is -0.292 e. The van der Waals surface area contributed by atoms with Gasteiger partial charge in [0.15, 0.2) is 0 Å². The van der Waals surface area contributed by atoms with Crippen molar-refractivity contribution < 1.29 is 0 Å². The van der Waals surface area contributed by atoms with E-state index < -0.39 is 0 Å². The second-order valence-corrected chi connectivity index (χ2v) is 4.93. The normalized spacial score (nSPS) is 11.0. The average Bonchev–Trinajstić information content (AvgIpc) is 2.93. The molecule has 0 spiro atoms. The molecule has 3 heterocycles. The van der Waals surface area contributed by atoms with E-state index in [1.807, 2.05) is 16.8 Å². The molecule has 80 valence electrons. The summed E-state index contributed by atoms with van der Waals surface area (Å²) in [7, 11) is 0. The van der Waals surface area contributed by atoms with Crippen LogP contribution in [0, 0.1) is 0 Å². The van der Waals surface area contributed by atoms with E-state index in [2.05, 4.69) is 9.97 Å². The first-order valence-electron chi connectivity index (χ1n) is 4.64. The quantitative estimate of drug-likeness (QED) is 0.697. The van der Waals surface area contributed by atoms with Crippen molar-refractivity contribution in [1.29, 1.82) is 0 Å². The van der Waals surface area contributed by atoms with Crippen LogP contribution in [-0.2, 0) is 6.54 Å². The molecule has 0 radical (unpaired) electrons. The largest absolute Gasteiger partial charge is 0.292 e. The van der Waals surface area contributed by atoms with Crippen molar-refractivity contribution in [3.63, 3.8) is 0 Å². The molecule has 0 aliphatic heterocycles. The van der Waals surface area contributed by atoms with Crippen LogP contribution >= 0.6 is 22.7 Å². The molecule has 0 amide bonds. The number of thiazole rings is 1.